The largest absolute Gasteiger partial charge is 0.478 e. The number of amides is 1. The van der Waals surface area contributed by atoms with Crippen LogP contribution in [0, 0.1) is 5.92 Å². The molecule has 1 saturated heterocycles. The zero-order valence-electron chi connectivity index (χ0n) is 26.3. The monoisotopic (exact) mass is 596 g/mol. The molecule has 0 bridgehead atoms. The Morgan fingerprint density at radius 2 is 1.68 bits per heavy atom. The van der Waals surface area contributed by atoms with Gasteiger partial charge in [0.15, 0.2) is 0 Å². The molecule has 2 aliphatic rings. The van der Waals surface area contributed by atoms with Crippen LogP contribution in [0.15, 0.2) is 80.2 Å². The van der Waals surface area contributed by atoms with Gasteiger partial charge in [0.1, 0.15) is 0 Å². The van der Waals surface area contributed by atoms with Gasteiger partial charge in [0.25, 0.3) is 0 Å². The molecule has 4 heterocycles. The molecule has 1 amide bonds. The number of aromatic nitrogens is 2. The number of aryl methyl sites for hydroxylation is 1. The molecule has 1 aromatic carbocycles. The molecular weight excluding hydrogens is 548 g/mol. The molecular formula is C37H48N4O3. The topological polar surface area (TPSA) is 78.7 Å². The van der Waals surface area contributed by atoms with Gasteiger partial charge in [0.05, 0.1) is 11.5 Å². The minimum absolute atomic E-state index is 0.180. The molecule has 1 fully saturated rings. The van der Waals surface area contributed by atoms with Crippen LogP contribution < -0.4 is 4.90 Å². The van der Waals surface area contributed by atoms with E-state index < -0.39 is 5.97 Å². The van der Waals surface area contributed by atoms with Crippen molar-refractivity contribution in [2.24, 2.45) is 5.92 Å². The van der Waals surface area contributed by atoms with Gasteiger partial charge in [-0.2, -0.15) is 0 Å². The summed E-state index contributed by atoms with van der Waals surface area (Å²) in [6.07, 6.45) is 21.5. The first-order valence-electron chi connectivity index (χ1n) is 16.2. The number of pyridine rings is 1. The number of rotatable bonds is 9. The highest BCUT2D eigenvalue weighted by Gasteiger charge is 2.29. The van der Waals surface area contributed by atoms with Crippen molar-refractivity contribution in [3.63, 3.8) is 0 Å². The zero-order valence-corrected chi connectivity index (χ0v) is 26.3. The molecule has 7 heteroatoms. The van der Waals surface area contributed by atoms with Crippen LogP contribution in [-0.4, -0.2) is 57.6 Å². The van der Waals surface area contributed by atoms with Crippen molar-refractivity contribution in [1.82, 2.24) is 14.5 Å². The summed E-state index contributed by atoms with van der Waals surface area (Å²) in [5.74, 6) is -0.900. The molecule has 1 N–H and O–H groups in total. The van der Waals surface area contributed by atoms with Crippen molar-refractivity contribution in [3.8, 4) is 0 Å². The Bertz CT molecular complexity index is 1430. The van der Waals surface area contributed by atoms with Crippen molar-refractivity contribution in [3.05, 3.63) is 97.0 Å². The third-order valence-corrected chi connectivity index (χ3v) is 8.81. The Morgan fingerprint density at radius 3 is 2.41 bits per heavy atom. The van der Waals surface area contributed by atoms with Crippen LogP contribution in [0.4, 0.5) is 5.69 Å². The molecule has 0 spiro atoms. The first-order chi connectivity index (χ1) is 21.6. The smallest absolute Gasteiger partial charge is 0.335 e. The Morgan fingerprint density at radius 1 is 0.955 bits per heavy atom. The van der Waals surface area contributed by atoms with E-state index in [9.17, 15) is 14.7 Å². The zero-order chi connectivity index (χ0) is 31.3. The third-order valence-electron chi connectivity index (χ3n) is 8.81. The van der Waals surface area contributed by atoms with Crippen LogP contribution in [0.3, 0.4) is 0 Å². The quantitative estimate of drug-likeness (QED) is 0.205. The summed E-state index contributed by atoms with van der Waals surface area (Å²) in [6.45, 7) is 11.8. The van der Waals surface area contributed by atoms with Gasteiger partial charge in [0.2, 0.25) is 5.91 Å². The van der Waals surface area contributed by atoms with Crippen LogP contribution in [0.1, 0.15) is 73.5 Å². The minimum Gasteiger partial charge on any atom is -0.478 e. The lowest BCUT2D eigenvalue weighted by molar-refractivity contribution is -0.136. The molecule has 2 aliphatic heterocycles. The Balaban J connectivity index is 0.00000216. The van der Waals surface area contributed by atoms with E-state index in [1.54, 1.807) is 6.07 Å². The molecule has 0 saturated carbocycles. The van der Waals surface area contributed by atoms with Gasteiger partial charge in [-0.3, -0.25) is 9.78 Å². The second-order valence-corrected chi connectivity index (χ2v) is 11.6. The van der Waals surface area contributed by atoms with Crippen LogP contribution in [0.25, 0.3) is 10.9 Å². The normalized spacial score (nSPS) is 18.4. The molecule has 0 aliphatic carbocycles. The first-order valence-corrected chi connectivity index (χ1v) is 16.2. The van der Waals surface area contributed by atoms with E-state index in [0.717, 1.165) is 61.8 Å². The molecule has 0 radical (unpaired) electrons. The average molecular weight is 597 g/mol. The number of unbranched alkanes of at least 4 members (excludes halogenated alkanes) is 4. The van der Waals surface area contributed by atoms with Crippen LogP contribution >= 0.6 is 0 Å². The van der Waals surface area contributed by atoms with Crippen LogP contribution in [0.2, 0.25) is 0 Å². The second kappa shape index (κ2) is 16.6. The number of allylic oxidation sites excluding steroid dienone is 4. The number of carboxylic acids is 1. The lowest BCUT2D eigenvalue weighted by atomic mass is 9.99. The van der Waals surface area contributed by atoms with Crippen LogP contribution in [0.5, 0.6) is 0 Å². The summed E-state index contributed by atoms with van der Waals surface area (Å²) in [4.78, 5) is 34.5. The number of carbonyl (C=O) groups is 2. The summed E-state index contributed by atoms with van der Waals surface area (Å²) >= 11 is 0. The van der Waals surface area contributed by atoms with Gasteiger partial charge in [-0.05, 0) is 55.5 Å². The average Bonchev–Trinajstić information content (AvgIpc) is 3.32. The van der Waals surface area contributed by atoms with E-state index in [0.29, 0.717) is 25.2 Å². The Labute approximate surface area is 262 Å². The standard InChI is InChI=1S/C35H44N4O3.C2H4/c1-2-3-4-6-10-13-30-31-16-15-27(35(41)42)25-33(31)39-26-28(12-9-7-5-8-11-14-32(30)39)34(40)38-23-21-37(22-24-38)29-17-19-36-20-18-29;1-2/h5,7-8,11,15-20,25,28H,2-4,6,9-10,12-14,21-24,26H2,1H3,(H,41,42);1-2H2/b7-5-,11-8-;. The maximum absolute atomic E-state index is 14.1. The van der Waals surface area contributed by atoms with Crippen molar-refractivity contribution < 1.29 is 14.7 Å². The number of hydrogen-bond acceptors (Lipinski definition) is 4. The van der Waals surface area contributed by atoms with Gasteiger partial charge < -0.3 is 19.5 Å². The Kier molecular flexibility index (Phi) is 12.4. The molecule has 234 valence electrons. The van der Waals surface area contributed by atoms with E-state index >= 15 is 0 Å². The van der Waals surface area contributed by atoms with Gasteiger partial charge in [-0.1, -0.05) is 63.0 Å². The first kappa shape index (κ1) is 32.8. The fourth-order valence-corrected chi connectivity index (χ4v) is 6.47. The Hall–Kier alpha value is -4.13. The third kappa shape index (κ3) is 8.07. The lowest BCUT2D eigenvalue weighted by Gasteiger charge is -2.37. The van der Waals surface area contributed by atoms with Crippen molar-refractivity contribution in [2.45, 2.75) is 71.3 Å². The molecule has 1 unspecified atom stereocenters. The number of benzene rings is 1. The lowest BCUT2D eigenvalue weighted by Crippen LogP contribution is -2.51. The van der Waals surface area contributed by atoms with Crippen molar-refractivity contribution >= 4 is 28.5 Å². The number of nitrogens with zero attached hydrogens (tertiary/aromatic N) is 4. The molecule has 44 heavy (non-hydrogen) atoms. The number of hydrogen-bond donors (Lipinski definition) is 1. The number of aromatic carboxylic acids is 1. The maximum atomic E-state index is 14.1. The molecule has 1 atom stereocenters. The minimum atomic E-state index is -0.922. The number of carboxylic acid groups (broad SMARTS) is 1. The van der Waals surface area contributed by atoms with E-state index in [-0.39, 0.29) is 11.8 Å². The van der Waals surface area contributed by atoms with Crippen LogP contribution in [-0.2, 0) is 24.2 Å². The fraction of sp³-hybridized carbons (Fsp3) is 0.432. The van der Waals surface area contributed by atoms with E-state index in [1.165, 1.54) is 36.9 Å². The predicted molar refractivity (Wildman–Crippen MR) is 180 cm³/mol. The fourth-order valence-electron chi connectivity index (χ4n) is 6.47. The molecule has 2 aromatic heterocycles. The highest BCUT2D eigenvalue weighted by molar-refractivity contribution is 5.95. The van der Waals surface area contributed by atoms with Gasteiger partial charge in [-0.15, -0.1) is 13.2 Å². The van der Waals surface area contributed by atoms with Gasteiger partial charge >= 0.3 is 5.97 Å². The van der Waals surface area contributed by atoms with E-state index in [2.05, 4.69) is 58.8 Å². The molecule has 3 aromatic rings. The van der Waals surface area contributed by atoms with E-state index in [1.807, 2.05) is 41.6 Å². The predicted octanol–water partition coefficient (Wildman–Crippen LogP) is 7.46. The summed E-state index contributed by atoms with van der Waals surface area (Å²) in [6, 6.07) is 9.58. The van der Waals surface area contributed by atoms with Crippen molar-refractivity contribution in [2.75, 3.05) is 31.1 Å². The van der Waals surface area contributed by atoms with E-state index in [4.69, 9.17) is 0 Å². The van der Waals surface area contributed by atoms with Gasteiger partial charge in [-0.25, -0.2) is 4.79 Å². The number of carbonyl (C=O) groups excluding carboxylic acids is 1. The molecule has 7 nitrogen and oxygen atoms in total. The second-order valence-electron chi connectivity index (χ2n) is 11.6. The highest BCUT2D eigenvalue weighted by Crippen LogP contribution is 2.32. The summed E-state index contributed by atoms with van der Waals surface area (Å²) in [5, 5.41) is 10.9. The summed E-state index contributed by atoms with van der Waals surface area (Å²) in [5.41, 5.74) is 4.90. The van der Waals surface area contributed by atoms with Crippen molar-refractivity contribution in [1.29, 1.82) is 0 Å². The summed E-state index contributed by atoms with van der Waals surface area (Å²) < 4.78 is 2.29. The number of anilines is 1. The highest BCUT2D eigenvalue weighted by atomic mass is 16.4. The van der Waals surface area contributed by atoms with Gasteiger partial charge in [0, 0.05) is 73.8 Å². The number of fused-ring (bicyclic) bond motifs is 3. The SMILES string of the molecule is C=C.CCCCCCCc1c2n(c3cc(C(=O)O)ccc13)CC(C(=O)N1CCN(c3ccncc3)CC1)CC/C=C\C=C/C2. The molecule has 5 rings (SSSR count). The summed E-state index contributed by atoms with van der Waals surface area (Å²) in [7, 11) is 0. The maximum Gasteiger partial charge on any atom is 0.335 e. The number of piperazine rings is 1.